The number of nitrogens with zero attached hydrogens (tertiary/aromatic N) is 1. The van der Waals surface area contributed by atoms with Crippen LogP contribution in [0.3, 0.4) is 0 Å². The summed E-state index contributed by atoms with van der Waals surface area (Å²) in [6.45, 7) is 7.56. The van der Waals surface area contributed by atoms with E-state index in [1.807, 2.05) is 43.9 Å². The third-order valence-electron chi connectivity index (χ3n) is 2.47. The van der Waals surface area contributed by atoms with Crippen molar-refractivity contribution in [3.63, 3.8) is 0 Å². The number of rotatable bonds is 3. The Morgan fingerprint density at radius 1 is 1.33 bits per heavy atom. The summed E-state index contributed by atoms with van der Waals surface area (Å²) in [7, 11) is 0. The van der Waals surface area contributed by atoms with E-state index in [0.29, 0.717) is 0 Å². The third kappa shape index (κ3) is 2.71. The van der Waals surface area contributed by atoms with Crippen LogP contribution in [0, 0.1) is 10.5 Å². The summed E-state index contributed by atoms with van der Waals surface area (Å²) in [6.07, 6.45) is 0. The molecule has 0 aliphatic carbocycles. The molecule has 15 heavy (non-hydrogen) atoms. The molecule has 0 fully saturated rings. The molecule has 0 radical (unpaired) electrons. The minimum absolute atomic E-state index is 0.133. The van der Waals surface area contributed by atoms with Crippen molar-refractivity contribution in [3.05, 3.63) is 32.9 Å². The summed E-state index contributed by atoms with van der Waals surface area (Å²) < 4.78 is 1.06. The molecular weight excluding hydrogens is 301 g/mol. The standard InChI is InChI=1S/C12H16INO/c1-4-14(5-2)12(15)10-8-6-7-9(3)11(10)13/h6-8H,4-5H2,1-3H3. The summed E-state index contributed by atoms with van der Waals surface area (Å²) in [5, 5.41) is 0. The van der Waals surface area contributed by atoms with E-state index in [4.69, 9.17) is 0 Å². The average molecular weight is 317 g/mol. The lowest BCUT2D eigenvalue weighted by Gasteiger charge is -2.19. The predicted octanol–water partition coefficient (Wildman–Crippen LogP) is 3.08. The lowest BCUT2D eigenvalue weighted by Crippen LogP contribution is -2.31. The van der Waals surface area contributed by atoms with Crippen molar-refractivity contribution < 1.29 is 4.79 Å². The number of halogens is 1. The Hall–Kier alpha value is -0.580. The second kappa shape index (κ2) is 5.49. The highest BCUT2D eigenvalue weighted by Gasteiger charge is 2.15. The van der Waals surface area contributed by atoms with Gasteiger partial charge in [0.2, 0.25) is 0 Å². The number of benzene rings is 1. The number of amides is 1. The summed E-state index contributed by atoms with van der Waals surface area (Å²) in [6, 6.07) is 5.87. The molecule has 1 amide bonds. The maximum atomic E-state index is 12.1. The van der Waals surface area contributed by atoms with Crippen LogP contribution in [0.15, 0.2) is 18.2 Å². The van der Waals surface area contributed by atoms with Gasteiger partial charge in [-0.3, -0.25) is 4.79 Å². The van der Waals surface area contributed by atoms with Crippen LogP contribution in [-0.2, 0) is 0 Å². The zero-order valence-corrected chi connectivity index (χ0v) is 11.5. The molecule has 1 aromatic carbocycles. The Morgan fingerprint density at radius 3 is 2.47 bits per heavy atom. The largest absolute Gasteiger partial charge is 0.339 e. The van der Waals surface area contributed by atoms with E-state index >= 15 is 0 Å². The summed E-state index contributed by atoms with van der Waals surface area (Å²) in [5.74, 6) is 0.133. The van der Waals surface area contributed by atoms with Gasteiger partial charge in [0, 0.05) is 16.7 Å². The van der Waals surface area contributed by atoms with Crippen molar-refractivity contribution in [2.75, 3.05) is 13.1 Å². The molecular formula is C12H16INO. The fourth-order valence-electron chi connectivity index (χ4n) is 1.49. The van der Waals surface area contributed by atoms with Gasteiger partial charge in [0.05, 0.1) is 5.56 Å². The van der Waals surface area contributed by atoms with Gasteiger partial charge in [-0.2, -0.15) is 0 Å². The second-order valence-electron chi connectivity index (χ2n) is 3.41. The minimum Gasteiger partial charge on any atom is -0.339 e. The Bertz CT molecular complexity index is 359. The Morgan fingerprint density at radius 2 is 1.93 bits per heavy atom. The molecule has 82 valence electrons. The van der Waals surface area contributed by atoms with Gasteiger partial charge in [-0.05, 0) is 55.0 Å². The molecule has 0 saturated heterocycles. The van der Waals surface area contributed by atoms with Gasteiger partial charge in [-0.25, -0.2) is 0 Å². The Labute approximate surface area is 105 Å². The summed E-state index contributed by atoms with van der Waals surface area (Å²) in [5.41, 5.74) is 1.98. The van der Waals surface area contributed by atoms with Crippen LogP contribution in [0.25, 0.3) is 0 Å². The number of carbonyl (C=O) groups is 1. The van der Waals surface area contributed by atoms with Crippen molar-refractivity contribution in [3.8, 4) is 0 Å². The zero-order chi connectivity index (χ0) is 11.4. The average Bonchev–Trinajstić information content (AvgIpc) is 2.23. The van der Waals surface area contributed by atoms with Crippen LogP contribution in [0.4, 0.5) is 0 Å². The minimum atomic E-state index is 0.133. The van der Waals surface area contributed by atoms with Gasteiger partial charge in [-0.1, -0.05) is 12.1 Å². The fraction of sp³-hybridized carbons (Fsp3) is 0.417. The van der Waals surface area contributed by atoms with E-state index in [2.05, 4.69) is 22.6 Å². The molecule has 0 atom stereocenters. The first-order valence-electron chi connectivity index (χ1n) is 5.16. The molecule has 0 aromatic heterocycles. The molecule has 0 aliphatic rings. The Balaban J connectivity index is 3.05. The van der Waals surface area contributed by atoms with E-state index < -0.39 is 0 Å². The van der Waals surface area contributed by atoms with E-state index in [1.54, 1.807) is 0 Å². The van der Waals surface area contributed by atoms with Crippen LogP contribution >= 0.6 is 22.6 Å². The van der Waals surface area contributed by atoms with Gasteiger partial charge in [0.25, 0.3) is 5.91 Å². The van der Waals surface area contributed by atoms with E-state index in [9.17, 15) is 4.79 Å². The molecule has 0 saturated carbocycles. The highest BCUT2D eigenvalue weighted by atomic mass is 127. The third-order valence-corrected chi connectivity index (χ3v) is 3.90. The Kier molecular flexibility index (Phi) is 4.57. The lowest BCUT2D eigenvalue weighted by molar-refractivity contribution is 0.0772. The highest BCUT2D eigenvalue weighted by Crippen LogP contribution is 2.18. The van der Waals surface area contributed by atoms with Crippen molar-refractivity contribution in [1.29, 1.82) is 0 Å². The monoisotopic (exact) mass is 317 g/mol. The smallest absolute Gasteiger partial charge is 0.254 e. The number of aryl methyl sites for hydroxylation is 1. The summed E-state index contributed by atoms with van der Waals surface area (Å²) in [4.78, 5) is 13.9. The van der Waals surface area contributed by atoms with Crippen molar-refractivity contribution in [2.45, 2.75) is 20.8 Å². The molecule has 0 unspecified atom stereocenters. The summed E-state index contributed by atoms with van der Waals surface area (Å²) >= 11 is 2.24. The molecule has 0 N–H and O–H groups in total. The SMILES string of the molecule is CCN(CC)C(=O)c1cccc(C)c1I. The topological polar surface area (TPSA) is 20.3 Å². The van der Waals surface area contributed by atoms with E-state index in [-0.39, 0.29) is 5.91 Å². The molecule has 1 aromatic rings. The number of carbonyl (C=O) groups excluding carboxylic acids is 1. The number of hydrogen-bond acceptors (Lipinski definition) is 1. The lowest BCUT2D eigenvalue weighted by atomic mass is 10.1. The van der Waals surface area contributed by atoms with Gasteiger partial charge < -0.3 is 4.90 Å². The van der Waals surface area contributed by atoms with Crippen molar-refractivity contribution >= 4 is 28.5 Å². The maximum absolute atomic E-state index is 12.1. The molecule has 2 nitrogen and oxygen atoms in total. The zero-order valence-electron chi connectivity index (χ0n) is 9.38. The first-order chi connectivity index (χ1) is 7.11. The highest BCUT2D eigenvalue weighted by molar-refractivity contribution is 14.1. The van der Waals surface area contributed by atoms with Crippen molar-refractivity contribution in [2.24, 2.45) is 0 Å². The van der Waals surface area contributed by atoms with Crippen LogP contribution in [0.5, 0.6) is 0 Å². The van der Waals surface area contributed by atoms with Crippen LogP contribution in [0.2, 0.25) is 0 Å². The van der Waals surface area contributed by atoms with Crippen LogP contribution in [0.1, 0.15) is 29.8 Å². The first kappa shape index (κ1) is 12.5. The van der Waals surface area contributed by atoms with Crippen LogP contribution in [-0.4, -0.2) is 23.9 Å². The molecule has 0 aliphatic heterocycles. The fourth-order valence-corrected chi connectivity index (χ4v) is 2.08. The normalized spacial score (nSPS) is 10.1. The number of hydrogen-bond donors (Lipinski definition) is 0. The van der Waals surface area contributed by atoms with Gasteiger partial charge in [0.1, 0.15) is 0 Å². The molecule has 0 bridgehead atoms. The molecule has 3 heteroatoms. The molecule has 1 rings (SSSR count). The maximum Gasteiger partial charge on any atom is 0.254 e. The predicted molar refractivity (Wildman–Crippen MR) is 71.1 cm³/mol. The van der Waals surface area contributed by atoms with E-state index in [0.717, 1.165) is 27.8 Å². The van der Waals surface area contributed by atoms with Gasteiger partial charge in [-0.15, -0.1) is 0 Å². The van der Waals surface area contributed by atoms with Crippen molar-refractivity contribution in [1.82, 2.24) is 4.90 Å². The molecule has 0 heterocycles. The molecule has 0 spiro atoms. The first-order valence-corrected chi connectivity index (χ1v) is 6.24. The van der Waals surface area contributed by atoms with Gasteiger partial charge >= 0.3 is 0 Å². The van der Waals surface area contributed by atoms with E-state index in [1.165, 1.54) is 0 Å². The second-order valence-corrected chi connectivity index (χ2v) is 4.49. The van der Waals surface area contributed by atoms with Gasteiger partial charge in [0.15, 0.2) is 0 Å². The van der Waals surface area contributed by atoms with Crippen LogP contribution < -0.4 is 0 Å². The quantitative estimate of drug-likeness (QED) is 0.785.